The summed E-state index contributed by atoms with van der Waals surface area (Å²) in [6, 6.07) is 26.8. The summed E-state index contributed by atoms with van der Waals surface area (Å²) in [5, 5.41) is 2.30. The molecule has 2 aliphatic heterocycles. The van der Waals surface area contributed by atoms with Crippen LogP contribution in [0.2, 0.25) is 0 Å². The van der Waals surface area contributed by atoms with E-state index in [1.165, 1.54) is 22.1 Å². The Kier molecular flexibility index (Phi) is 8.29. The third-order valence-electron chi connectivity index (χ3n) is 13.2. The Morgan fingerprint density at radius 2 is 1.45 bits per heavy atom. The van der Waals surface area contributed by atoms with Crippen LogP contribution >= 0.6 is 0 Å². The number of ether oxygens (including phenoxy) is 2. The fourth-order valence-corrected chi connectivity index (χ4v) is 9.53. The molecule has 58 heavy (non-hydrogen) atoms. The van der Waals surface area contributed by atoms with Crippen molar-refractivity contribution in [1.29, 1.82) is 0 Å². The summed E-state index contributed by atoms with van der Waals surface area (Å²) < 4.78 is 35.9. The van der Waals surface area contributed by atoms with Crippen molar-refractivity contribution in [3.63, 3.8) is 0 Å². The largest absolute Gasteiger partial charge is 2.00 e. The number of hydrogen-bond acceptors (Lipinski definition) is 4. The van der Waals surface area contributed by atoms with Crippen LogP contribution in [0, 0.1) is 38.3 Å². The standard InChI is InChI=1S/C52H57N3O2.Pt/c1-29-19-33-28-52(49(10,11)12)51(15,40(33)21-30(29)2)54-46(57-52)32-22-34(47(4,5)6)24-36(23-32)56-43-27-42-37(20-31(43)3)38-25-35(48(7,8)9)26-41-44(38)55(42)45-39(50(41,13)14)17-16-18-53-45;/h16-22,24-26H,28H2,1-15H3;/q-2;+2/t51-,52-;/m1./s1/i28D2;. The van der Waals surface area contributed by atoms with E-state index >= 15 is 0 Å². The molecule has 5 nitrogen and oxygen atoms in total. The molecule has 0 spiro atoms. The van der Waals surface area contributed by atoms with Gasteiger partial charge in [0.1, 0.15) is 22.9 Å². The van der Waals surface area contributed by atoms with Crippen LogP contribution in [0.3, 0.4) is 0 Å². The van der Waals surface area contributed by atoms with Gasteiger partial charge in [-0.3, -0.25) is 4.99 Å². The first kappa shape index (κ1) is 38.0. The minimum absolute atomic E-state index is 0. The van der Waals surface area contributed by atoms with Crippen LogP contribution in [0.15, 0.2) is 65.8 Å². The van der Waals surface area contributed by atoms with E-state index in [9.17, 15) is 2.74 Å². The number of benzene rings is 4. The Labute approximate surface area is 362 Å². The molecule has 2 atom stereocenters. The van der Waals surface area contributed by atoms with E-state index in [4.69, 9.17) is 19.5 Å². The number of fused-ring (bicyclic) bond motifs is 8. The van der Waals surface area contributed by atoms with Crippen molar-refractivity contribution in [3.8, 4) is 17.3 Å². The van der Waals surface area contributed by atoms with Crippen molar-refractivity contribution in [2.45, 2.75) is 138 Å². The van der Waals surface area contributed by atoms with Gasteiger partial charge in [0, 0.05) is 48.7 Å². The summed E-state index contributed by atoms with van der Waals surface area (Å²) in [7, 11) is 0. The first-order valence-corrected chi connectivity index (χ1v) is 20.4. The fraction of sp³-hybridized carbons (Fsp3) is 0.423. The summed E-state index contributed by atoms with van der Waals surface area (Å²) in [5.74, 6) is 2.41. The van der Waals surface area contributed by atoms with Crippen LogP contribution in [0.4, 0.5) is 0 Å². The maximum Gasteiger partial charge on any atom is 2.00 e. The third kappa shape index (κ3) is 5.65. The smallest absolute Gasteiger partial charge is 0.510 e. The molecule has 0 bridgehead atoms. The number of nitrogens with zero attached hydrogens (tertiary/aromatic N) is 3. The Balaban J connectivity index is 0.00000499. The van der Waals surface area contributed by atoms with E-state index in [0.29, 0.717) is 28.5 Å². The quantitative estimate of drug-likeness (QED) is 0.166. The van der Waals surface area contributed by atoms with E-state index < -0.39 is 22.9 Å². The number of aryl methyl sites for hydroxylation is 3. The Hall–Kier alpha value is -4.21. The second-order valence-corrected chi connectivity index (χ2v) is 20.7. The summed E-state index contributed by atoms with van der Waals surface area (Å²) in [6.07, 6.45) is 0.0401. The van der Waals surface area contributed by atoms with Gasteiger partial charge in [-0.2, -0.15) is 6.07 Å². The van der Waals surface area contributed by atoms with Crippen molar-refractivity contribution in [3.05, 3.63) is 129 Å². The van der Waals surface area contributed by atoms with Crippen LogP contribution in [0.5, 0.6) is 11.5 Å². The maximum absolute atomic E-state index is 9.79. The van der Waals surface area contributed by atoms with Gasteiger partial charge in [0.05, 0.1) is 0 Å². The van der Waals surface area contributed by atoms with E-state index in [1.54, 1.807) is 0 Å². The molecule has 1 aliphatic carbocycles. The van der Waals surface area contributed by atoms with Crippen LogP contribution in [-0.2, 0) is 54.0 Å². The second kappa shape index (κ2) is 12.7. The predicted octanol–water partition coefficient (Wildman–Crippen LogP) is 12.8. The molecule has 4 heterocycles. The van der Waals surface area contributed by atoms with Crippen molar-refractivity contribution in [1.82, 2.24) is 9.55 Å². The molecule has 0 radical (unpaired) electrons. The molecule has 0 unspecified atom stereocenters. The molecular formula is C52H57N3O2Pt. The van der Waals surface area contributed by atoms with E-state index in [-0.39, 0.29) is 37.3 Å². The van der Waals surface area contributed by atoms with Crippen LogP contribution in [0.1, 0.15) is 141 Å². The van der Waals surface area contributed by atoms with Gasteiger partial charge in [0.2, 0.25) is 0 Å². The van der Waals surface area contributed by atoms with Crippen LogP contribution < -0.4 is 4.74 Å². The Bertz CT molecular complexity index is 2850. The molecule has 0 N–H and O–H groups in total. The zero-order valence-electron chi connectivity index (χ0n) is 38.7. The molecule has 0 saturated carbocycles. The van der Waals surface area contributed by atoms with Gasteiger partial charge in [0.25, 0.3) is 0 Å². The molecule has 3 aliphatic rings. The van der Waals surface area contributed by atoms with Gasteiger partial charge in [-0.15, -0.1) is 28.6 Å². The molecule has 2 aromatic heterocycles. The number of hydrogen-bond donors (Lipinski definition) is 0. The zero-order chi connectivity index (χ0) is 42.8. The Morgan fingerprint density at radius 3 is 2.12 bits per heavy atom. The van der Waals surface area contributed by atoms with Gasteiger partial charge >= 0.3 is 21.1 Å². The van der Waals surface area contributed by atoms with Gasteiger partial charge in [0.15, 0.2) is 0 Å². The van der Waals surface area contributed by atoms with Crippen molar-refractivity contribution < 1.29 is 33.3 Å². The summed E-state index contributed by atoms with van der Waals surface area (Å²) in [6.45, 7) is 32.4. The summed E-state index contributed by atoms with van der Waals surface area (Å²) >= 11 is 0. The number of aromatic nitrogens is 2. The van der Waals surface area contributed by atoms with Crippen molar-refractivity contribution in [2.24, 2.45) is 10.4 Å². The minimum atomic E-state index is -1.83. The second-order valence-electron chi connectivity index (χ2n) is 20.7. The normalized spacial score (nSPS) is 22.0. The van der Waals surface area contributed by atoms with Crippen LogP contribution in [0.25, 0.3) is 27.6 Å². The third-order valence-corrected chi connectivity index (χ3v) is 13.2. The molecule has 0 saturated heterocycles. The molecule has 302 valence electrons. The van der Waals surface area contributed by atoms with Gasteiger partial charge in [-0.05, 0) is 76.4 Å². The predicted molar refractivity (Wildman–Crippen MR) is 234 cm³/mol. The molecule has 4 aromatic carbocycles. The van der Waals surface area contributed by atoms with Gasteiger partial charge < -0.3 is 14.0 Å². The molecular weight excluding hydrogens is 894 g/mol. The fourth-order valence-electron chi connectivity index (χ4n) is 9.53. The summed E-state index contributed by atoms with van der Waals surface area (Å²) in [5.41, 5.74) is 8.60. The number of pyridine rings is 1. The Morgan fingerprint density at radius 1 is 0.776 bits per heavy atom. The topological polar surface area (TPSA) is 48.6 Å². The van der Waals surface area contributed by atoms with Crippen molar-refractivity contribution in [2.75, 3.05) is 0 Å². The molecule has 0 amide bonds. The molecule has 6 heteroatoms. The van der Waals surface area contributed by atoms with Gasteiger partial charge in [-0.1, -0.05) is 137 Å². The van der Waals surface area contributed by atoms with Crippen molar-refractivity contribution >= 4 is 27.7 Å². The maximum atomic E-state index is 9.79. The SMILES string of the molecule is [2H]C1([2H])c2cc(C)c(C)cc2[C@@]2(C)N=C(c3[c-]c(Oc4[c-]c5c(cc4C)c4cc(C(C)(C)C)cc6c4n5-c4ncccc4C6(C)C)cc(C(C)(C)C)c3)O[C@@]12C(C)(C)C.[Pt+2]. The average Bonchev–Trinajstić information content (AvgIpc) is 3.68. The first-order valence-electron chi connectivity index (χ1n) is 21.4. The van der Waals surface area contributed by atoms with E-state index in [1.807, 2.05) is 38.2 Å². The van der Waals surface area contributed by atoms with Crippen LogP contribution in [-0.4, -0.2) is 21.0 Å². The number of aliphatic imine (C=N–C) groups is 1. The average molecular weight is 953 g/mol. The zero-order valence-corrected chi connectivity index (χ0v) is 39.0. The first-order chi connectivity index (χ1) is 27.2. The summed E-state index contributed by atoms with van der Waals surface area (Å²) in [4.78, 5) is 10.4. The monoisotopic (exact) mass is 952 g/mol. The molecule has 6 aromatic rings. The minimum Gasteiger partial charge on any atom is -0.510 e. The van der Waals surface area contributed by atoms with Gasteiger partial charge in [-0.25, -0.2) is 4.98 Å². The van der Waals surface area contributed by atoms with E-state index in [0.717, 1.165) is 50.1 Å². The van der Waals surface area contributed by atoms with E-state index in [2.05, 4.69) is 143 Å². The molecule has 0 fully saturated rings. The molecule has 9 rings (SSSR count). The number of rotatable bonds is 3.